The Morgan fingerprint density at radius 3 is 2.72 bits per heavy atom. The average molecular weight is 249 g/mol. The summed E-state index contributed by atoms with van der Waals surface area (Å²) in [6.45, 7) is 7.02. The fourth-order valence-corrected chi connectivity index (χ4v) is 2.74. The van der Waals surface area contributed by atoms with Crippen molar-refractivity contribution < 1.29 is 0 Å². The molecule has 0 saturated carbocycles. The first-order valence-electron chi connectivity index (χ1n) is 7.43. The minimum absolute atomic E-state index is 0.214. The van der Waals surface area contributed by atoms with E-state index < -0.39 is 0 Å². The largest absolute Gasteiger partial charge is 0.353 e. The molecule has 0 spiro atoms. The Morgan fingerprint density at radius 2 is 2.00 bits per heavy atom. The molecule has 1 atom stereocenters. The highest BCUT2D eigenvalue weighted by Crippen LogP contribution is 2.16. The second-order valence-electron chi connectivity index (χ2n) is 5.48. The van der Waals surface area contributed by atoms with Gasteiger partial charge in [0.25, 0.3) is 0 Å². The summed E-state index contributed by atoms with van der Waals surface area (Å²) in [5.74, 6) is 0. The molecule has 2 heterocycles. The van der Waals surface area contributed by atoms with Crippen molar-refractivity contribution in [1.82, 2.24) is 9.47 Å². The van der Waals surface area contributed by atoms with E-state index in [1.54, 1.807) is 0 Å². The second-order valence-corrected chi connectivity index (χ2v) is 5.48. The quantitative estimate of drug-likeness (QED) is 0.841. The molecule has 0 aromatic carbocycles. The van der Waals surface area contributed by atoms with Crippen LogP contribution in [0, 0.1) is 0 Å². The van der Waals surface area contributed by atoms with E-state index in [1.165, 1.54) is 44.5 Å². The van der Waals surface area contributed by atoms with E-state index in [-0.39, 0.29) is 6.04 Å². The molecule has 1 unspecified atom stereocenters. The van der Waals surface area contributed by atoms with Gasteiger partial charge in [0.15, 0.2) is 0 Å². The van der Waals surface area contributed by atoms with E-state index in [2.05, 4.69) is 34.9 Å². The molecule has 18 heavy (non-hydrogen) atoms. The molecule has 3 nitrogen and oxygen atoms in total. The second kappa shape index (κ2) is 6.95. The zero-order chi connectivity index (χ0) is 12.8. The minimum Gasteiger partial charge on any atom is -0.353 e. The van der Waals surface area contributed by atoms with Crippen LogP contribution in [0.1, 0.15) is 50.6 Å². The van der Waals surface area contributed by atoms with Crippen LogP contribution in [0.5, 0.6) is 0 Å². The summed E-state index contributed by atoms with van der Waals surface area (Å²) in [5, 5.41) is 0. The van der Waals surface area contributed by atoms with Gasteiger partial charge in [-0.05, 0) is 44.0 Å². The molecule has 2 rings (SSSR count). The Kier molecular flexibility index (Phi) is 5.26. The van der Waals surface area contributed by atoms with Gasteiger partial charge in [-0.15, -0.1) is 0 Å². The molecule has 1 saturated heterocycles. The fraction of sp³-hybridized carbons (Fsp3) is 0.733. The van der Waals surface area contributed by atoms with E-state index >= 15 is 0 Å². The summed E-state index contributed by atoms with van der Waals surface area (Å²) in [6, 6.07) is 2.39. The first-order chi connectivity index (χ1) is 8.79. The lowest BCUT2D eigenvalue weighted by molar-refractivity contribution is 0.221. The molecule has 1 fully saturated rings. The summed E-state index contributed by atoms with van der Waals surface area (Å²) in [5.41, 5.74) is 7.42. The van der Waals surface area contributed by atoms with E-state index in [4.69, 9.17) is 5.73 Å². The molecule has 102 valence electrons. The number of aromatic nitrogens is 1. The van der Waals surface area contributed by atoms with Gasteiger partial charge in [0.1, 0.15) is 0 Å². The Bertz CT molecular complexity index is 339. The van der Waals surface area contributed by atoms with Crippen LogP contribution >= 0.6 is 0 Å². The molecule has 1 aromatic heterocycles. The van der Waals surface area contributed by atoms with Crippen molar-refractivity contribution in [3.8, 4) is 0 Å². The average Bonchev–Trinajstić information content (AvgIpc) is 2.87. The number of rotatable bonds is 6. The molecule has 2 N–H and O–H groups in total. The highest BCUT2D eigenvalue weighted by molar-refractivity contribution is 5.14. The minimum atomic E-state index is 0.214. The number of piperidine rings is 1. The summed E-state index contributed by atoms with van der Waals surface area (Å²) < 4.78 is 2.29. The first-order valence-corrected chi connectivity index (χ1v) is 7.43. The third-order valence-electron chi connectivity index (χ3n) is 3.92. The molecule has 0 bridgehead atoms. The molecule has 0 radical (unpaired) electrons. The van der Waals surface area contributed by atoms with Gasteiger partial charge in [-0.1, -0.05) is 19.8 Å². The van der Waals surface area contributed by atoms with Gasteiger partial charge < -0.3 is 15.2 Å². The van der Waals surface area contributed by atoms with Crippen molar-refractivity contribution >= 4 is 0 Å². The van der Waals surface area contributed by atoms with Crippen molar-refractivity contribution in [2.45, 2.75) is 51.6 Å². The molecular weight excluding hydrogens is 222 g/mol. The van der Waals surface area contributed by atoms with Crippen LogP contribution in [0.4, 0.5) is 0 Å². The van der Waals surface area contributed by atoms with Gasteiger partial charge in [-0.3, -0.25) is 0 Å². The predicted molar refractivity (Wildman–Crippen MR) is 76.6 cm³/mol. The molecule has 0 amide bonds. The number of nitrogens with zero attached hydrogens (tertiary/aromatic N) is 2. The van der Waals surface area contributed by atoms with E-state index in [9.17, 15) is 0 Å². The fourth-order valence-electron chi connectivity index (χ4n) is 2.74. The number of nitrogens with two attached hydrogens (primary N) is 1. The van der Waals surface area contributed by atoms with Gasteiger partial charge in [-0.25, -0.2) is 0 Å². The summed E-state index contributed by atoms with van der Waals surface area (Å²) in [6.07, 6.45) is 10.8. The van der Waals surface area contributed by atoms with Crippen LogP contribution in [0.25, 0.3) is 0 Å². The summed E-state index contributed by atoms with van der Waals surface area (Å²) in [7, 11) is 0. The number of hydrogen-bond acceptors (Lipinski definition) is 2. The monoisotopic (exact) mass is 249 g/mol. The Hall–Kier alpha value is -0.800. The van der Waals surface area contributed by atoms with Gasteiger partial charge in [0, 0.05) is 31.5 Å². The Labute approximate surface area is 111 Å². The highest BCUT2D eigenvalue weighted by Gasteiger charge is 2.10. The first kappa shape index (κ1) is 13.6. The molecule has 3 heteroatoms. The highest BCUT2D eigenvalue weighted by atomic mass is 15.1. The SMILES string of the molecule is CCCC(N)c1ccn(CCN2CCCCC2)c1. The third kappa shape index (κ3) is 3.85. The normalized spacial score (nSPS) is 19.0. The topological polar surface area (TPSA) is 34.2 Å². The van der Waals surface area contributed by atoms with Crippen molar-refractivity contribution in [3.63, 3.8) is 0 Å². The zero-order valence-electron chi connectivity index (χ0n) is 11.6. The van der Waals surface area contributed by atoms with Crippen LogP contribution in [0.3, 0.4) is 0 Å². The standard InChI is InChI=1S/C15H27N3/c1-2-6-15(16)14-7-10-18(13-14)12-11-17-8-4-3-5-9-17/h7,10,13,15H,2-6,8-9,11-12,16H2,1H3. The zero-order valence-corrected chi connectivity index (χ0v) is 11.6. The lowest BCUT2D eigenvalue weighted by Gasteiger charge is -2.26. The summed E-state index contributed by atoms with van der Waals surface area (Å²) in [4.78, 5) is 2.58. The third-order valence-corrected chi connectivity index (χ3v) is 3.92. The maximum Gasteiger partial charge on any atom is 0.0347 e. The Balaban J connectivity index is 1.79. The van der Waals surface area contributed by atoms with E-state index in [0.717, 1.165) is 19.4 Å². The Morgan fingerprint density at radius 1 is 1.22 bits per heavy atom. The number of hydrogen-bond donors (Lipinski definition) is 1. The lowest BCUT2D eigenvalue weighted by Crippen LogP contribution is -2.32. The van der Waals surface area contributed by atoms with Gasteiger partial charge in [0.2, 0.25) is 0 Å². The predicted octanol–water partition coefficient (Wildman–Crippen LogP) is 2.77. The number of likely N-dealkylation sites (tertiary alicyclic amines) is 1. The van der Waals surface area contributed by atoms with Crippen LogP contribution in [0.15, 0.2) is 18.5 Å². The van der Waals surface area contributed by atoms with Crippen LogP contribution < -0.4 is 5.73 Å². The maximum absolute atomic E-state index is 6.13. The van der Waals surface area contributed by atoms with Crippen molar-refractivity contribution in [3.05, 3.63) is 24.0 Å². The smallest absolute Gasteiger partial charge is 0.0347 e. The van der Waals surface area contributed by atoms with Crippen molar-refractivity contribution in [2.75, 3.05) is 19.6 Å². The van der Waals surface area contributed by atoms with Gasteiger partial charge >= 0.3 is 0 Å². The maximum atomic E-state index is 6.13. The molecule has 1 aromatic rings. The van der Waals surface area contributed by atoms with Gasteiger partial charge in [-0.2, -0.15) is 0 Å². The van der Waals surface area contributed by atoms with Crippen LogP contribution in [-0.4, -0.2) is 29.1 Å². The van der Waals surface area contributed by atoms with Crippen LogP contribution in [0.2, 0.25) is 0 Å². The van der Waals surface area contributed by atoms with Crippen molar-refractivity contribution in [1.29, 1.82) is 0 Å². The van der Waals surface area contributed by atoms with Crippen LogP contribution in [-0.2, 0) is 6.54 Å². The van der Waals surface area contributed by atoms with Gasteiger partial charge in [0.05, 0.1) is 0 Å². The van der Waals surface area contributed by atoms with E-state index in [0.29, 0.717) is 0 Å². The molecule has 1 aliphatic rings. The lowest BCUT2D eigenvalue weighted by atomic mass is 10.1. The molecule has 0 aliphatic carbocycles. The van der Waals surface area contributed by atoms with E-state index in [1.807, 2.05) is 0 Å². The molecule has 1 aliphatic heterocycles. The van der Waals surface area contributed by atoms with Crippen molar-refractivity contribution in [2.24, 2.45) is 5.73 Å². The summed E-state index contributed by atoms with van der Waals surface area (Å²) >= 11 is 0. The molecular formula is C15H27N3.